The Morgan fingerprint density at radius 3 is 1.58 bits per heavy atom. The van der Waals surface area contributed by atoms with Crippen molar-refractivity contribution >= 4 is 0 Å². The van der Waals surface area contributed by atoms with E-state index in [2.05, 4.69) is 26.0 Å². The van der Waals surface area contributed by atoms with Crippen LogP contribution in [0.25, 0.3) is 0 Å². The molecule has 0 unspecified atom stereocenters. The normalized spacial score (nSPS) is 11.2. The second kappa shape index (κ2) is 5.35. The van der Waals surface area contributed by atoms with Crippen molar-refractivity contribution in [3.8, 4) is 11.5 Å². The van der Waals surface area contributed by atoms with Crippen molar-refractivity contribution in [2.75, 3.05) is 7.11 Å². The number of hydrogen-bond donors (Lipinski definition) is 0. The Kier molecular flexibility index (Phi) is 3.79. The van der Waals surface area contributed by atoms with Crippen LogP contribution in [-0.4, -0.2) is 7.11 Å². The van der Waals surface area contributed by atoms with E-state index < -0.39 is 0 Å². The molecular formula is C17H18O2. The smallest absolute Gasteiger partial charge is 0.180 e. The molecule has 0 fully saturated rings. The van der Waals surface area contributed by atoms with Crippen LogP contribution < -0.4 is 9.47 Å². The fourth-order valence-corrected chi connectivity index (χ4v) is 2.12. The second-order valence-electron chi connectivity index (χ2n) is 5.00. The Morgan fingerprint density at radius 2 is 1.21 bits per heavy atom. The Morgan fingerprint density at radius 1 is 0.789 bits per heavy atom. The molecule has 2 rings (SSSR count). The summed E-state index contributed by atoms with van der Waals surface area (Å²) in [6, 6.07) is 16.0. The lowest BCUT2D eigenvalue weighted by Crippen LogP contribution is -2.18. The minimum Gasteiger partial charge on any atom is -0.497 e. The van der Waals surface area contributed by atoms with Crippen LogP contribution in [0.2, 0.25) is 0 Å². The zero-order valence-corrected chi connectivity index (χ0v) is 11.5. The van der Waals surface area contributed by atoms with Crippen LogP contribution in [0.3, 0.4) is 0 Å². The van der Waals surface area contributed by atoms with Gasteiger partial charge in [-0.2, -0.15) is 0 Å². The first-order valence-electron chi connectivity index (χ1n) is 6.19. The lowest BCUT2D eigenvalue weighted by Gasteiger charge is -2.26. The van der Waals surface area contributed by atoms with Crippen molar-refractivity contribution in [1.29, 1.82) is 0 Å². The predicted octanol–water partition coefficient (Wildman–Crippen LogP) is 4.07. The minimum absolute atomic E-state index is 0.0839. The molecule has 0 aliphatic heterocycles. The third-order valence-electron chi connectivity index (χ3n) is 3.52. The van der Waals surface area contributed by atoms with Crippen molar-refractivity contribution in [1.82, 2.24) is 0 Å². The molecule has 2 aromatic rings. The number of benzene rings is 2. The molecule has 0 amide bonds. The van der Waals surface area contributed by atoms with Gasteiger partial charge < -0.3 is 9.47 Å². The van der Waals surface area contributed by atoms with Gasteiger partial charge in [-0.25, -0.2) is 0 Å². The van der Waals surface area contributed by atoms with Gasteiger partial charge in [0.25, 0.3) is 0 Å². The zero-order chi connectivity index (χ0) is 13.9. The fraction of sp³-hybridized carbons (Fsp3) is 0.235. The minimum atomic E-state index is -0.0839. The molecule has 0 saturated carbocycles. The highest BCUT2D eigenvalue weighted by molar-refractivity contribution is 5.41. The van der Waals surface area contributed by atoms with E-state index in [0.29, 0.717) is 5.75 Å². The summed E-state index contributed by atoms with van der Waals surface area (Å²) in [6.45, 7) is 4.38. The Hall–Kier alpha value is -1.96. The molecule has 98 valence electrons. The van der Waals surface area contributed by atoms with E-state index in [1.54, 1.807) is 7.11 Å². The maximum absolute atomic E-state index is 5.19. The summed E-state index contributed by atoms with van der Waals surface area (Å²) < 4.78 is 9.89. The van der Waals surface area contributed by atoms with Gasteiger partial charge in [0, 0.05) is 5.41 Å². The molecule has 2 radical (unpaired) electrons. The first-order valence-corrected chi connectivity index (χ1v) is 6.19. The quantitative estimate of drug-likeness (QED) is 0.819. The zero-order valence-electron chi connectivity index (χ0n) is 11.5. The molecule has 0 bridgehead atoms. The molecule has 0 atom stereocenters. The molecule has 0 heterocycles. The average Bonchev–Trinajstić information content (AvgIpc) is 2.47. The van der Waals surface area contributed by atoms with E-state index in [-0.39, 0.29) is 5.41 Å². The average molecular weight is 254 g/mol. The maximum Gasteiger partial charge on any atom is 0.180 e. The summed E-state index contributed by atoms with van der Waals surface area (Å²) >= 11 is 0. The van der Waals surface area contributed by atoms with E-state index in [1.807, 2.05) is 36.4 Å². The lowest BCUT2D eigenvalue weighted by atomic mass is 9.78. The standard InChI is InChI=1S/C17H18O2/c1-17(2,13-5-9-15(18-3)10-6-13)14-7-11-16(19-4)12-8-14/h3,5-12H,1-2,4H3. The Bertz CT molecular complexity index is 475. The molecular weight excluding hydrogens is 236 g/mol. The van der Waals surface area contributed by atoms with Gasteiger partial charge >= 0.3 is 0 Å². The third-order valence-corrected chi connectivity index (χ3v) is 3.52. The van der Waals surface area contributed by atoms with Crippen molar-refractivity contribution in [2.45, 2.75) is 19.3 Å². The first kappa shape index (κ1) is 13.5. The van der Waals surface area contributed by atoms with Gasteiger partial charge in [0.05, 0.1) is 7.11 Å². The third kappa shape index (κ3) is 2.73. The summed E-state index contributed by atoms with van der Waals surface area (Å²) in [6.07, 6.45) is 0. The number of hydrogen-bond acceptors (Lipinski definition) is 2. The molecule has 0 aliphatic carbocycles. The van der Waals surface area contributed by atoms with E-state index in [0.717, 1.165) is 5.75 Å². The Labute approximate surface area is 115 Å². The van der Waals surface area contributed by atoms with Gasteiger partial charge in [0.1, 0.15) is 11.5 Å². The monoisotopic (exact) mass is 254 g/mol. The van der Waals surface area contributed by atoms with E-state index in [4.69, 9.17) is 16.6 Å². The number of ether oxygens (including phenoxy) is 2. The van der Waals surface area contributed by atoms with Crippen LogP contribution in [0.1, 0.15) is 25.0 Å². The first-order chi connectivity index (χ1) is 9.07. The van der Waals surface area contributed by atoms with Crippen LogP contribution >= 0.6 is 0 Å². The highest BCUT2D eigenvalue weighted by Gasteiger charge is 2.22. The summed E-state index contributed by atoms with van der Waals surface area (Å²) in [5, 5.41) is 0. The molecule has 0 spiro atoms. The van der Waals surface area contributed by atoms with Crippen LogP contribution in [-0.2, 0) is 5.41 Å². The number of rotatable bonds is 4. The molecule has 0 saturated heterocycles. The maximum atomic E-state index is 5.19. The molecule has 2 aromatic carbocycles. The van der Waals surface area contributed by atoms with Crippen LogP contribution in [0, 0.1) is 7.11 Å². The molecule has 0 aliphatic rings. The van der Waals surface area contributed by atoms with E-state index in [9.17, 15) is 0 Å². The van der Waals surface area contributed by atoms with E-state index in [1.165, 1.54) is 11.1 Å². The van der Waals surface area contributed by atoms with Crippen LogP contribution in [0.4, 0.5) is 0 Å². The molecule has 0 N–H and O–H groups in total. The highest BCUT2D eigenvalue weighted by atomic mass is 16.5. The SMILES string of the molecule is [CH]Oc1ccc(C(C)(C)c2ccc(OC)cc2)cc1. The van der Waals surface area contributed by atoms with Crippen molar-refractivity contribution in [3.05, 3.63) is 66.8 Å². The highest BCUT2D eigenvalue weighted by Crippen LogP contribution is 2.33. The van der Waals surface area contributed by atoms with Gasteiger partial charge in [-0.1, -0.05) is 38.1 Å². The van der Waals surface area contributed by atoms with Crippen LogP contribution in [0.15, 0.2) is 48.5 Å². The molecule has 0 aromatic heterocycles. The van der Waals surface area contributed by atoms with Crippen molar-refractivity contribution < 1.29 is 9.47 Å². The predicted molar refractivity (Wildman–Crippen MR) is 76.5 cm³/mol. The van der Waals surface area contributed by atoms with Crippen molar-refractivity contribution in [2.24, 2.45) is 0 Å². The van der Waals surface area contributed by atoms with Gasteiger partial charge in [0.2, 0.25) is 0 Å². The summed E-state index contributed by atoms with van der Waals surface area (Å²) in [5.74, 6) is 1.53. The summed E-state index contributed by atoms with van der Waals surface area (Å²) in [7, 11) is 6.81. The van der Waals surface area contributed by atoms with E-state index >= 15 is 0 Å². The molecule has 2 heteroatoms. The second-order valence-corrected chi connectivity index (χ2v) is 5.00. The molecule has 2 nitrogen and oxygen atoms in total. The summed E-state index contributed by atoms with van der Waals surface area (Å²) in [4.78, 5) is 0. The Balaban J connectivity index is 2.33. The largest absolute Gasteiger partial charge is 0.497 e. The van der Waals surface area contributed by atoms with Gasteiger partial charge in [-0.3, -0.25) is 0 Å². The fourth-order valence-electron chi connectivity index (χ4n) is 2.12. The lowest BCUT2D eigenvalue weighted by molar-refractivity contribution is 0.414. The summed E-state index contributed by atoms with van der Waals surface area (Å²) in [5.41, 5.74) is 2.35. The molecule has 19 heavy (non-hydrogen) atoms. The topological polar surface area (TPSA) is 18.5 Å². The van der Waals surface area contributed by atoms with Gasteiger partial charge in [0.15, 0.2) is 7.11 Å². The van der Waals surface area contributed by atoms with Crippen LogP contribution in [0.5, 0.6) is 11.5 Å². The van der Waals surface area contributed by atoms with Gasteiger partial charge in [-0.05, 0) is 35.4 Å². The van der Waals surface area contributed by atoms with Crippen molar-refractivity contribution in [3.63, 3.8) is 0 Å². The number of methoxy groups -OCH3 is 1. The van der Waals surface area contributed by atoms with Gasteiger partial charge in [-0.15, -0.1) is 0 Å².